The van der Waals surface area contributed by atoms with Gasteiger partial charge in [-0.2, -0.15) is 10.1 Å². The average molecular weight is 644 g/mol. The first kappa shape index (κ1) is 29.7. The minimum absolute atomic E-state index is 0.000364. The van der Waals surface area contributed by atoms with Gasteiger partial charge in [-0.1, -0.05) is 18.2 Å². The molecule has 0 spiro atoms. The number of aryl methyl sites for hydroxylation is 1. The summed E-state index contributed by atoms with van der Waals surface area (Å²) in [5, 5.41) is 14.7. The Kier molecular flexibility index (Phi) is 7.35. The summed E-state index contributed by atoms with van der Waals surface area (Å²) >= 11 is 6.40. The number of piperidine rings is 2. The maximum absolute atomic E-state index is 15.3. The number of rotatable bonds is 6. The van der Waals surface area contributed by atoms with Crippen LogP contribution in [0.25, 0.3) is 10.9 Å². The molecule has 3 N–H and O–H groups in total. The molecule has 46 heavy (non-hydrogen) atoms. The Balaban J connectivity index is 1.04. The van der Waals surface area contributed by atoms with Crippen molar-refractivity contribution in [2.24, 2.45) is 7.05 Å². The molecular formula is C32H31ClFN9O3. The number of hydrogen-bond acceptors (Lipinski definition) is 9. The van der Waals surface area contributed by atoms with Crippen LogP contribution >= 0.6 is 11.6 Å². The van der Waals surface area contributed by atoms with Crippen molar-refractivity contribution in [2.75, 3.05) is 40.6 Å². The predicted octanol–water partition coefficient (Wildman–Crippen LogP) is 4.19. The van der Waals surface area contributed by atoms with Crippen LogP contribution in [-0.4, -0.2) is 63.6 Å². The molecule has 0 saturated carbocycles. The molecule has 3 aliphatic heterocycles. The molecule has 4 aromatic rings. The summed E-state index contributed by atoms with van der Waals surface area (Å²) in [5.41, 5.74) is 4.44. The van der Waals surface area contributed by atoms with Crippen LogP contribution in [-0.2, 0) is 27.9 Å². The Hall–Kier alpha value is -5.04. The first-order chi connectivity index (χ1) is 22.1. The molecule has 3 amide bonds. The highest BCUT2D eigenvalue weighted by Gasteiger charge is 2.32. The average Bonchev–Trinajstić information content (AvgIpc) is 3.51. The summed E-state index contributed by atoms with van der Waals surface area (Å²) in [6.07, 6.45) is 2.94. The lowest BCUT2D eigenvalue weighted by atomic mass is 9.92. The topological polar surface area (TPSA) is 137 Å². The highest BCUT2D eigenvalue weighted by atomic mass is 35.5. The molecule has 12 nitrogen and oxygen atoms in total. The van der Waals surface area contributed by atoms with Crippen molar-refractivity contribution in [2.45, 2.75) is 37.6 Å². The van der Waals surface area contributed by atoms with Gasteiger partial charge in [-0.15, -0.1) is 0 Å². The van der Waals surface area contributed by atoms with E-state index < -0.39 is 11.7 Å². The number of nitrogens with zero attached hydrogens (tertiary/aromatic N) is 6. The van der Waals surface area contributed by atoms with Crippen LogP contribution in [0.2, 0.25) is 5.02 Å². The molecule has 5 heterocycles. The van der Waals surface area contributed by atoms with E-state index in [1.807, 2.05) is 30.1 Å². The molecule has 236 valence electrons. The van der Waals surface area contributed by atoms with Gasteiger partial charge in [0, 0.05) is 50.2 Å². The van der Waals surface area contributed by atoms with Gasteiger partial charge in [-0.25, -0.2) is 9.37 Å². The third-order valence-electron chi connectivity index (χ3n) is 8.91. The minimum Gasteiger partial charge on any atom is -0.378 e. The molecule has 2 atom stereocenters. The number of carbonyl (C=O) groups is 3. The standard InChI is InChI=1S/C32H31ClFN9O3/c1-16-15-43(32-35-14-21(33)30(39-32)37-23-7-8-24-20(28(23)34)13-27(45)41(24)2)11-10-22(16)36-17-4-5-18-25(12-17)42(3)40-29(18)19-6-9-26(44)38-31(19)46/h4-5,7-8,12,14,19,22,36H,1,6,9-11,13,15H2,2-3H3,(H,35,37,39)(H,38,44,46)/t19?,22-/m1/s1. The van der Waals surface area contributed by atoms with Gasteiger partial charge in [0.1, 0.15) is 5.02 Å². The largest absolute Gasteiger partial charge is 0.378 e. The number of benzene rings is 2. The number of anilines is 5. The monoisotopic (exact) mass is 643 g/mol. The third-order valence-corrected chi connectivity index (χ3v) is 9.19. The van der Waals surface area contributed by atoms with Gasteiger partial charge in [-0.3, -0.25) is 24.4 Å². The third kappa shape index (κ3) is 5.19. The molecule has 2 saturated heterocycles. The normalized spacial score (nSPS) is 19.9. The van der Waals surface area contributed by atoms with Crippen LogP contribution in [0.4, 0.5) is 33.2 Å². The second kappa shape index (κ2) is 11.4. The Morgan fingerprint density at radius 1 is 1.13 bits per heavy atom. The van der Waals surface area contributed by atoms with E-state index in [2.05, 4.69) is 37.6 Å². The number of halogens is 2. The fourth-order valence-corrected chi connectivity index (χ4v) is 6.51. The summed E-state index contributed by atoms with van der Waals surface area (Å²) in [4.78, 5) is 48.6. The first-order valence-corrected chi connectivity index (χ1v) is 15.3. The minimum atomic E-state index is -0.511. The van der Waals surface area contributed by atoms with Gasteiger partial charge >= 0.3 is 0 Å². The lowest BCUT2D eigenvalue weighted by Crippen LogP contribution is -2.41. The van der Waals surface area contributed by atoms with Crippen LogP contribution in [0.5, 0.6) is 0 Å². The maximum atomic E-state index is 15.3. The van der Waals surface area contributed by atoms with Crippen molar-refractivity contribution in [3.8, 4) is 0 Å². The van der Waals surface area contributed by atoms with Crippen LogP contribution in [0.3, 0.4) is 0 Å². The number of hydrogen-bond donors (Lipinski definition) is 3. The van der Waals surface area contributed by atoms with Crippen molar-refractivity contribution in [1.29, 1.82) is 0 Å². The molecule has 14 heteroatoms. The van der Waals surface area contributed by atoms with Crippen LogP contribution in [0.1, 0.15) is 36.4 Å². The molecular weight excluding hydrogens is 613 g/mol. The van der Waals surface area contributed by atoms with Crippen molar-refractivity contribution >= 4 is 69.1 Å². The van der Waals surface area contributed by atoms with E-state index >= 15 is 4.39 Å². The van der Waals surface area contributed by atoms with Gasteiger partial charge in [0.2, 0.25) is 23.7 Å². The van der Waals surface area contributed by atoms with Gasteiger partial charge in [0.25, 0.3) is 0 Å². The molecule has 1 unspecified atom stereocenters. The van der Waals surface area contributed by atoms with E-state index in [0.717, 1.165) is 28.6 Å². The van der Waals surface area contributed by atoms with E-state index in [1.54, 1.807) is 23.9 Å². The van der Waals surface area contributed by atoms with Gasteiger partial charge in [0.05, 0.1) is 47.2 Å². The molecule has 0 aliphatic carbocycles. The van der Waals surface area contributed by atoms with Gasteiger partial charge in [0.15, 0.2) is 11.6 Å². The van der Waals surface area contributed by atoms with E-state index in [1.165, 1.54) is 11.1 Å². The molecule has 3 aliphatic rings. The number of nitrogens with one attached hydrogen (secondary N) is 3. The molecule has 0 radical (unpaired) electrons. The second-order valence-electron chi connectivity index (χ2n) is 11.9. The summed E-state index contributed by atoms with van der Waals surface area (Å²) in [7, 11) is 3.47. The number of carbonyl (C=O) groups excluding carboxylic acids is 3. The zero-order chi connectivity index (χ0) is 32.3. The Bertz CT molecular complexity index is 1960. The van der Waals surface area contributed by atoms with Crippen LogP contribution < -0.4 is 25.8 Å². The zero-order valence-electron chi connectivity index (χ0n) is 25.2. The molecule has 0 bridgehead atoms. The van der Waals surface area contributed by atoms with Crippen LogP contribution in [0.15, 0.2) is 48.7 Å². The van der Waals surface area contributed by atoms with E-state index in [0.29, 0.717) is 48.8 Å². The highest BCUT2D eigenvalue weighted by Crippen LogP contribution is 2.36. The van der Waals surface area contributed by atoms with E-state index in [-0.39, 0.29) is 46.7 Å². The summed E-state index contributed by atoms with van der Waals surface area (Å²) in [6, 6.07) is 9.18. The van der Waals surface area contributed by atoms with E-state index in [9.17, 15) is 14.4 Å². The number of likely N-dealkylation sites (N-methyl/N-ethyl adjacent to an activating group) is 1. The highest BCUT2D eigenvalue weighted by molar-refractivity contribution is 6.33. The molecule has 2 aromatic heterocycles. The molecule has 2 fully saturated rings. The number of amides is 3. The van der Waals surface area contributed by atoms with Crippen LogP contribution in [0, 0.1) is 5.82 Å². The quantitative estimate of drug-likeness (QED) is 0.209. The summed E-state index contributed by atoms with van der Waals surface area (Å²) in [5.74, 6) is -1.01. The van der Waals surface area contributed by atoms with Crippen molar-refractivity contribution in [3.05, 3.63) is 70.8 Å². The Labute approximate surface area is 268 Å². The lowest BCUT2D eigenvalue weighted by Gasteiger charge is -2.35. The first-order valence-electron chi connectivity index (χ1n) is 14.9. The van der Waals surface area contributed by atoms with Crippen molar-refractivity contribution in [3.63, 3.8) is 0 Å². The van der Waals surface area contributed by atoms with Crippen molar-refractivity contribution < 1.29 is 18.8 Å². The molecule has 2 aromatic carbocycles. The Morgan fingerprint density at radius 3 is 2.74 bits per heavy atom. The fourth-order valence-electron chi connectivity index (χ4n) is 6.38. The molecule has 7 rings (SSSR count). The number of aromatic nitrogens is 4. The second-order valence-corrected chi connectivity index (χ2v) is 12.3. The zero-order valence-corrected chi connectivity index (χ0v) is 26.0. The van der Waals surface area contributed by atoms with Gasteiger partial charge < -0.3 is 20.4 Å². The number of imide groups is 1. The predicted molar refractivity (Wildman–Crippen MR) is 173 cm³/mol. The number of fused-ring (bicyclic) bond motifs is 2. The van der Waals surface area contributed by atoms with Crippen molar-refractivity contribution in [1.82, 2.24) is 25.1 Å². The fraction of sp³-hybridized carbons (Fsp3) is 0.312. The maximum Gasteiger partial charge on any atom is 0.235 e. The summed E-state index contributed by atoms with van der Waals surface area (Å²) < 4.78 is 17.1. The lowest BCUT2D eigenvalue weighted by molar-refractivity contribution is -0.134. The van der Waals surface area contributed by atoms with Gasteiger partial charge in [-0.05, 0) is 48.7 Å². The van der Waals surface area contributed by atoms with E-state index in [4.69, 9.17) is 11.6 Å². The summed E-state index contributed by atoms with van der Waals surface area (Å²) in [6.45, 7) is 5.45. The Morgan fingerprint density at radius 2 is 1.96 bits per heavy atom. The SMILES string of the molecule is C=C1CN(c2ncc(Cl)c(Nc3ccc4c(c3F)CC(=O)N4C)n2)CC[C@H]1Nc1ccc2c(C3CCC(=O)NC3=O)nn(C)c2c1. The smallest absolute Gasteiger partial charge is 0.235 e.